The van der Waals surface area contributed by atoms with Crippen LogP contribution in [0.15, 0.2) is 48.5 Å². The molecule has 0 bridgehead atoms. The van der Waals surface area contributed by atoms with Crippen LogP contribution in [-0.4, -0.2) is 35.2 Å². The first kappa shape index (κ1) is 18.4. The van der Waals surface area contributed by atoms with Crippen LogP contribution in [0.3, 0.4) is 0 Å². The Morgan fingerprint density at radius 2 is 1.78 bits per heavy atom. The Hall–Kier alpha value is -2.00. The number of hydrogen-bond acceptors (Lipinski definition) is 4. The van der Waals surface area contributed by atoms with Crippen molar-refractivity contribution in [2.45, 2.75) is 29.8 Å². The van der Waals surface area contributed by atoms with Gasteiger partial charge < -0.3 is 4.90 Å². The quantitative estimate of drug-likeness (QED) is 0.800. The molecule has 2 fully saturated rings. The van der Waals surface area contributed by atoms with Gasteiger partial charge >= 0.3 is 0 Å². The van der Waals surface area contributed by atoms with Crippen molar-refractivity contribution in [3.63, 3.8) is 0 Å². The van der Waals surface area contributed by atoms with Crippen LogP contribution in [-0.2, 0) is 9.67 Å². The van der Waals surface area contributed by atoms with Crippen molar-refractivity contribution in [3.8, 4) is 17.2 Å². The molecule has 0 unspecified atom stereocenters. The topological polar surface area (TPSA) is 56.1 Å². The summed E-state index contributed by atoms with van der Waals surface area (Å²) in [6, 6.07) is 18.7. The molecule has 2 aromatic carbocycles. The smallest absolute Gasteiger partial charge is 0.241 e. The van der Waals surface area contributed by atoms with Crippen LogP contribution in [0, 0.1) is 11.3 Å². The van der Waals surface area contributed by atoms with Crippen molar-refractivity contribution in [2.75, 3.05) is 12.3 Å². The van der Waals surface area contributed by atoms with Crippen LogP contribution in [0.4, 0.5) is 0 Å². The molecule has 3 aliphatic rings. The second-order valence-corrected chi connectivity index (χ2v) is 8.33. The summed E-state index contributed by atoms with van der Waals surface area (Å²) in [5, 5.41) is 13.0. The summed E-state index contributed by atoms with van der Waals surface area (Å²) in [6.07, 6.45) is 1.71. The van der Waals surface area contributed by atoms with E-state index in [0.29, 0.717) is 6.54 Å². The molecule has 2 atom stereocenters. The fourth-order valence-corrected chi connectivity index (χ4v) is 6.08. The molecule has 1 spiro atoms. The van der Waals surface area contributed by atoms with E-state index in [2.05, 4.69) is 59.9 Å². The van der Waals surface area contributed by atoms with E-state index in [1.54, 1.807) is 16.7 Å². The van der Waals surface area contributed by atoms with Crippen LogP contribution < -0.4 is 5.32 Å². The number of thioether (sulfide) groups is 1. The minimum atomic E-state index is -0.366. The van der Waals surface area contributed by atoms with Gasteiger partial charge in [-0.25, -0.2) is 0 Å². The van der Waals surface area contributed by atoms with Gasteiger partial charge in [0.2, 0.25) is 5.91 Å². The summed E-state index contributed by atoms with van der Waals surface area (Å²) in [5.41, 5.74) is 4.96. The predicted molar refractivity (Wildman–Crippen MR) is 110 cm³/mol. The zero-order valence-corrected chi connectivity index (χ0v) is 16.4. The summed E-state index contributed by atoms with van der Waals surface area (Å²) in [6.45, 7) is 0.695. The lowest BCUT2D eigenvalue weighted by Crippen LogP contribution is -2.50. The summed E-state index contributed by atoms with van der Waals surface area (Å²) in [7, 11) is 0. The van der Waals surface area contributed by atoms with Crippen molar-refractivity contribution in [2.24, 2.45) is 0 Å². The standard InChI is InChI=1S/C21H19N3OS.ClH/c22-12-14-6-5-11-24(14)20(25)19-13-26-21(23-19)17-9-3-1-7-15(17)16-8-2-4-10-18(16)21;/h1-4,7-10,14,19,23H,5-6,11,13H2;1H/t14-,19-;/m0./s1. The van der Waals surface area contributed by atoms with E-state index in [1.807, 2.05) is 0 Å². The molecule has 1 aliphatic carbocycles. The maximum Gasteiger partial charge on any atom is 0.241 e. The van der Waals surface area contributed by atoms with Gasteiger partial charge in [-0.2, -0.15) is 5.26 Å². The van der Waals surface area contributed by atoms with E-state index >= 15 is 0 Å². The first-order valence-electron chi connectivity index (χ1n) is 9.06. The number of rotatable bonds is 1. The molecule has 0 aromatic heterocycles. The molecule has 6 heteroatoms. The number of likely N-dealkylation sites (tertiary alicyclic amines) is 1. The molecule has 27 heavy (non-hydrogen) atoms. The van der Waals surface area contributed by atoms with Crippen molar-refractivity contribution < 1.29 is 4.79 Å². The Morgan fingerprint density at radius 3 is 2.41 bits per heavy atom. The van der Waals surface area contributed by atoms with Crippen LogP contribution in [0.25, 0.3) is 11.1 Å². The Balaban J connectivity index is 0.00000180. The summed E-state index contributed by atoms with van der Waals surface area (Å²) >= 11 is 1.80. The monoisotopic (exact) mass is 397 g/mol. The molecule has 2 aliphatic heterocycles. The lowest BCUT2D eigenvalue weighted by Gasteiger charge is -2.29. The molecule has 138 valence electrons. The highest BCUT2D eigenvalue weighted by atomic mass is 35.5. The summed E-state index contributed by atoms with van der Waals surface area (Å²) < 4.78 is 0. The molecule has 0 saturated carbocycles. The molecule has 2 heterocycles. The number of benzene rings is 2. The van der Waals surface area contributed by atoms with Gasteiger partial charge in [-0.05, 0) is 35.1 Å². The third-order valence-electron chi connectivity index (χ3n) is 5.73. The molecular weight excluding hydrogens is 378 g/mol. The van der Waals surface area contributed by atoms with Crippen molar-refractivity contribution in [3.05, 3.63) is 59.7 Å². The number of nitrogens with zero attached hydrogens (tertiary/aromatic N) is 2. The average Bonchev–Trinajstić information content (AvgIpc) is 3.40. The third-order valence-corrected chi connectivity index (χ3v) is 7.22. The van der Waals surface area contributed by atoms with E-state index in [-0.39, 0.29) is 35.3 Å². The highest BCUT2D eigenvalue weighted by molar-refractivity contribution is 8.00. The molecule has 0 radical (unpaired) electrons. The molecule has 2 aromatic rings. The number of halogens is 1. The Bertz CT molecular complexity index is 896. The minimum Gasteiger partial charge on any atom is -0.325 e. The lowest BCUT2D eigenvalue weighted by molar-refractivity contribution is -0.132. The molecule has 4 nitrogen and oxygen atoms in total. The van der Waals surface area contributed by atoms with Crippen molar-refractivity contribution in [1.82, 2.24) is 10.2 Å². The Morgan fingerprint density at radius 1 is 1.15 bits per heavy atom. The first-order valence-corrected chi connectivity index (χ1v) is 10.0. The second-order valence-electron chi connectivity index (χ2n) is 7.10. The number of nitriles is 1. The van der Waals surface area contributed by atoms with E-state index in [9.17, 15) is 10.1 Å². The van der Waals surface area contributed by atoms with Gasteiger partial charge in [-0.1, -0.05) is 48.5 Å². The molecular formula is C21H20ClN3OS. The normalized spacial score (nSPS) is 24.2. The molecule has 1 amide bonds. The highest BCUT2D eigenvalue weighted by Crippen LogP contribution is 2.55. The molecule has 2 saturated heterocycles. The Labute approximate surface area is 169 Å². The number of amides is 1. The first-order chi connectivity index (χ1) is 12.7. The summed E-state index contributed by atoms with van der Waals surface area (Å²) in [4.78, 5) is 14.5. The maximum atomic E-state index is 13.1. The fourth-order valence-electron chi connectivity index (χ4n) is 4.54. The van der Waals surface area contributed by atoms with Gasteiger partial charge in [0.15, 0.2) is 0 Å². The maximum absolute atomic E-state index is 13.1. The number of hydrogen-bond donors (Lipinski definition) is 1. The SMILES string of the molecule is Cl.N#C[C@@H]1CCCN1C(=O)[C@@H]1CSC2(N1)c1ccccc1-c1ccccc12. The largest absolute Gasteiger partial charge is 0.325 e. The van der Waals surface area contributed by atoms with Gasteiger partial charge in [0.25, 0.3) is 0 Å². The predicted octanol–water partition coefficient (Wildman–Crippen LogP) is 3.51. The highest BCUT2D eigenvalue weighted by Gasteiger charge is 2.51. The zero-order valence-electron chi connectivity index (χ0n) is 14.7. The van der Waals surface area contributed by atoms with E-state index < -0.39 is 0 Å². The van der Waals surface area contributed by atoms with Crippen LogP contribution in [0.2, 0.25) is 0 Å². The Kier molecular flexibility index (Phi) is 4.67. The van der Waals surface area contributed by atoms with Gasteiger partial charge in [0.05, 0.1) is 12.1 Å². The average molecular weight is 398 g/mol. The van der Waals surface area contributed by atoms with E-state index in [1.165, 1.54) is 22.3 Å². The van der Waals surface area contributed by atoms with Crippen LogP contribution >= 0.6 is 24.2 Å². The zero-order chi connectivity index (χ0) is 17.7. The number of nitrogens with one attached hydrogen (secondary N) is 1. The fraction of sp³-hybridized carbons (Fsp3) is 0.333. The van der Waals surface area contributed by atoms with Crippen LogP contribution in [0.1, 0.15) is 24.0 Å². The molecule has 1 N–H and O–H groups in total. The van der Waals surface area contributed by atoms with E-state index in [4.69, 9.17) is 0 Å². The van der Waals surface area contributed by atoms with E-state index in [0.717, 1.165) is 18.6 Å². The van der Waals surface area contributed by atoms with Gasteiger partial charge in [0, 0.05) is 12.3 Å². The van der Waals surface area contributed by atoms with Gasteiger partial charge in [-0.3, -0.25) is 10.1 Å². The number of carbonyl (C=O) groups excluding carboxylic acids is 1. The van der Waals surface area contributed by atoms with Gasteiger partial charge in [-0.15, -0.1) is 24.2 Å². The molecule has 5 rings (SSSR count). The number of fused-ring (bicyclic) bond motifs is 5. The van der Waals surface area contributed by atoms with Crippen molar-refractivity contribution in [1.29, 1.82) is 5.26 Å². The third kappa shape index (κ3) is 2.59. The lowest BCUT2D eigenvalue weighted by atomic mass is 10.0. The summed E-state index contributed by atoms with van der Waals surface area (Å²) in [5.74, 6) is 0.788. The second kappa shape index (κ2) is 6.87. The minimum absolute atomic E-state index is 0. The van der Waals surface area contributed by atoms with Crippen LogP contribution in [0.5, 0.6) is 0 Å². The van der Waals surface area contributed by atoms with Crippen molar-refractivity contribution >= 4 is 30.1 Å². The number of carbonyl (C=O) groups is 1. The van der Waals surface area contributed by atoms with Gasteiger partial charge in [0.1, 0.15) is 10.9 Å².